The number of hydrogen-bond donors (Lipinski definition) is 1. The standard InChI is InChI=1S/C11H16N2/c1-11(6-4-8-13-11)9-10-5-2-3-7-12-10/h2-3,5,7,13H,4,6,8-9H2,1H3. The average Bonchev–Trinajstić information content (AvgIpc) is 2.54. The van der Waals surface area contributed by atoms with Crippen molar-refractivity contribution in [3.05, 3.63) is 30.1 Å². The fraction of sp³-hybridized carbons (Fsp3) is 0.545. The molecule has 0 saturated carbocycles. The molecular weight excluding hydrogens is 160 g/mol. The van der Waals surface area contributed by atoms with Crippen molar-refractivity contribution in [1.29, 1.82) is 0 Å². The zero-order valence-electron chi connectivity index (χ0n) is 8.09. The van der Waals surface area contributed by atoms with E-state index in [9.17, 15) is 0 Å². The normalized spacial score (nSPS) is 27.8. The molecule has 1 unspecified atom stereocenters. The van der Waals surface area contributed by atoms with Crippen LogP contribution in [0.4, 0.5) is 0 Å². The van der Waals surface area contributed by atoms with Crippen LogP contribution in [0.2, 0.25) is 0 Å². The minimum atomic E-state index is 0.286. The number of hydrogen-bond acceptors (Lipinski definition) is 2. The lowest BCUT2D eigenvalue weighted by Gasteiger charge is -2.23. The zero-order valence-corrected chi connectivity index (χ0v) is 8.09. The molecule has 0 bridgehead atoms. The van der Waals surface area contributed by atoms with E-state index in [1.807, 2.05) is 12.3 Å². The van der Waals surface area contributed by atoms with Crippen molar-refractivity contribution in [2.24, 2.45) is 0 Å². The van der Waals surface area contributed by atoms with Gasteiger partial charge in [-0.15, -0.1) is 0 Å². The monoisotopic (exact) mass is 176 g/mol. The van der Waals surface area contributed by atoms with Gasteiger partial charge in [-0.25, -0.2) is 0 Å². The topological polar surface area (TPSA) is 24.9 Å². The molecule has 1 aliphatic rings. The number of nitrogens with zero attached hydrogens (tertiary/aromatic N) is 1. The molecule has 70 valence electrons. The molecule has 2 heterocycles. The highest BCUT2D eigenvalue weighted by molar-refractivity contribution is 5.09. The Kier molecular flexibility index (Phi) is 2.32. The van der Waals surface area contributed by atoms with Gasteiger partial charge < -0.3 is 5.32 Å². The molecule has 0 radical (unpaired) electrons. The second-order valence-electron chi connectivity index (χ2n) is 4.09. The highest BCUT2D eigenvalue weighted by Crippen LogP contribution is 2.22. The minimum Gasteiger partial charge on any atom is -0.311 e. The smallest absolute Gasteiger partial charge is 0.0421 e. The van der Waals surface area contributed by atoms with Crippen LogP contribution >= 0.6 is 0 Å². The lowest BCUT2D eigenvalue weighted by atomic mass is 9.94. The number of aromatic nitrogens is 1. The summed E-state index contributed by atoms with van der Waals surface area (Å²) >= 11 is 0. The van der Waals surface area contributed by atoms with Gasteiger partial charge in [-0.3, -0.25) is 4.98 Å². The van der Waals surface area contributed by atoms with Crippen LogP contribution in [0.1, 0.15) is 25.5 Å². The summed E-state index contributed by atoms with van der Waals surface area (Å²) in [6.45, 7) is 3.44. The maximum absolute atomic E-state index is 4.35. The van der Waals surface area contributed by atoms with Crippen LogP contribution < -0.4 is 5.32 Å². The Morgan fingerprint density at radius 3 is 3.08 bits per heavy atom. The minimum absolute atomic E-state index is 0.286. The maximum atomic E-state index is 4.35. The summed E-state index contributed by atoms with van der Waals surface area (Å²) in [6, 6.07) is 6.12. The van der Waals surface area contributed by atoms with Gasteiger partial charge in [0.1, 0.15) is 0 Å². The lowest BCUT2D eigenvalue weighted by Crippen LogP contribution is -2.38. The number of nitrogens with one attached hydrogen (secondary N) is 1. The van der Waals surface area contributed by atoms with Gasteiger partial charge in [0.2, 0.25) is 0 Å². The van der Waals surface area contributed by atoms with Crippen molar-refractivity contribution >= 4 is 0 Å². The molecule has 1 N–H and O–H groups in total. The van der Waals surface area contributed by atoms with Gasteiger partial charge in [-0.2, -0.15) is 0 Å². The third kappa shape index (κ3) is 2.07. The van der Waals surface area contributed by atoms with E-state index in [0.717, 1.165) is 13.0 Å². The number of rotatable bonds is 2. The summed E-state index contributed by atoms with van der Waals surface area (Å²) in [4.78, 5) is 4.35. The third-order valence-electron chi connectivity index (χ3n) is 2.75. The highest BCUT2D eigenvalue weighted by Gasteiger charge is 2.28. The summed E-state index contributed by atoms with van der Waals surface area (Å²) < 4.78 is 0. The molecule has 1 saturated heterocycles. The van der Waals surface area contributed by atoms with Crippen molar-refractivity contribution in [1.82, 2.24) is 10.3 Å². The van der Waals surface area contributed by atoms with Crippen molar-refractivity contribution < 1.29 is 0 Å². The molecule has 1 aromatic rings. The van der Waals surface area contributed by atoms with E-state index in [1.165, 1.54) is 18.5 Å². The Morgan fingerprint density at radius 2 is 2.46 bits per heavy atom. The first-order valence-electron chi connectivity index (χ1n) is 4.93. The first kappa shape index (κ1) is 8.70. The second kappa shape index (κ2) is 3.46. The second-order valence-corrected chi connectivity index (χ2v) is 4.09. The summed E-state index contributed by atoms with van der Waals surface area (Å²) in [5.74, 6) is 0. The van der Waals surface area contributed by atoms with Gasteiger partial charge in [0.25, 0.3) is 0 Å². The van der Waals surface area contributed by atoms with Gasteiger partial charge in [0.05, 0.1) is 0 Å². The van der Waals surface area contributed by atoms with Crippen LogP contribution in [0.3, 0.4) is 0 Å². The van der Waals surface area contributed by atoms with E-state index in [1.54, 1.807) is 0 Å². The molecular formula is C11H16N2. The van der Waals surface area contributed by atoms with Crippen LogP contribution in [0.25, 0.3) is 0 Å². The summed E-state index contributed by atoms with van der Waals surface area (Å²) in [5.41, 5.74) is 1.48. The van der Waals surface area contributed by atoms with E-state index < -0.39 is 0 Å². The molecule has 13 heavy (non-hydrogen) atoms. The third-order valence-corrected chi connectivity index (χ3v) is 2.75. The zero-order chi connectivity index (χ0) is 9.15. The van der Waals surface area contributed by atoms with Gasteiger partial charge in [-0.05, 0) is 38.4 Å². The summed E-state index contributed by atoms with van der Waals surface area (Å²) in [7, 11) is 0. The molecule has 0 spiro atoms. The van der Waals surface area contributed by atoms with E-state index in [-0.39, 0.29) is 5.54 Å². The van der Waals surface area contributed by atoms with Crippen molar-refractivity contribution in [3.63, 3.8) is 0 Å². The summed E-state index contributed by atoms with van der Waals surface area (Å²) in [6.07, 6.45) is 5.48. The van der Waals surface area contributed by atoms with Gasteiger partial charge in [-0.1, -0.05) is 6.07 Å². The van der Waals surface area contributed by atoms with Crippen molar-refractivity contribution in [3.8, 4) is 0 Å². The molecule has 1 fully saturated rings. The predicted octanol–water partition coefficient (Wildman–Crippen LogP) is 1.77. The predicted molar refractivity (Wildman–Crippen MR) is 53.6 cm³/mol. The van der Waals surface area contributed by atoms with E-state index in [4.69, 9.17) is 0 Å². The van der Waals surface area contributed by atoms with E-state index in [0.29, 0.717) is 0 Å². The summed E-state index contributed by atoms with van der Waals surface area (Å²) in [5, 5.41) is 3.54. The van der Waals surface area contributed by atoms with Gasteiger partial charge in [0, 0.05) is 23.9 Å². The Labute approximate surface area is 79.4 Å². The van der Waals surface area contributed by atoms with Crippen LogP contribution in [-0.2, 0) is 6.42 Å². The SMILES string of the molecule is CC1(Cc2ccccn2)CCCN1. The lowest BCUT2D eigenvalue weighted by molar-refractivity contribution is 0.408. The molecule has 2 heteroatoms. The highest BCUT2D eigenvalue weighted by atomic mass is 15.0. The first-order chi connectivity index (χ1) is 6.29. The molecule has 2 nitrogen and oxygen atoms in total. The van der Waals surface area contributed by atoms with Crippen LogP contribution in [0.5, 0.6) is 0 Å². The first-order valence-corrected chi connectivity index (χ1v) is 4.93. The van der Waals surface area contributed by atoms with Gasteiger partial charge in [0.15, 0.2) is 0 Å². The Hall–Kier alpha value is -0.890. The quantitative estimate of drug-likeness (QED) is 0.742. The molecule has 0 amide bonds. The van der Waals surface area contributed by atoms with Crippen LogP contribution in [0.15, 0.2) is 24.4 Å². The maximum Gasteiger partial charge on any atom is 0.0421 e. The molecule has 0 aliphatic carbocycles. The van der Waals surface area contributed by atoms with Crippen LogP contribution in [-0.4, -0.2) is 17.1 Å². The van der Waals surface area contributed by atoms with Gasteiger partial charge >= 0.3 is 0 Å². The average molecular weight is 176 g/mol. The van der Waals surface area contributed by atoms with Crippen molar-refractivity contribution in [2.45, 2.75) is 31.7 Å². The fourth-order valence-corrected chi connectivity index (χ4v) is 2.01. The Balaban J connectivity index is 2.05. The fourth-order valence-electron chi connectivity index (χ4n) is 2.01. The Bertz CT molecular complexity index is 263. The molecule has 1 aliphatic heterocycles. The molecule has 0 aromatic carbocycles. The number of pyridine rings is 1. The molecule has 1 atom stereocenters. The van der Waals surface area contributed by atoms with Crippen LogP contribution in [0, 0.1) is 0 Å². The van der Waals surface area contributed by atoms with E-state index >= 15 is 0 Å². The Morgan fingerprint density at radius 1 is 1.54 bits per heavy atom. The van der Waals surface area contributed by atoms with E-state index in [2.05, 4.69) is 29.4 Å². The molecule has 1 aromatic heterocycles. The van der Waals surface area contributed by atoms with Crippen molar-refractivity contribution in [2.75, 3.05) is 6.54 Å². The molecule has 2 rings (SSSR count). The largest absolute Gasteiger partial charge is 0.311 e.